The van der Waals surface area contributed by atoms with Crippen molar-refractivity contribution in [3.05, 3.63) is 65.7 Å². The Morgan fingerprint density at radius 1 is 1.03 bits per heavy atom. The van der Waals surface area contributed by atoms with E-state index < -0.39 is 6.04 Å². The number of nitrogens with zero attached hydrogens (tertiary/aromatic N) is 1. The molecule has 0 spiro atoms. The summed E-state index contributed by atoms with van der Waals surface area (Å²) in [6, 6.07) is 17.3. The lowest BCUT2D eigenvalue weighted by Crippen LogP contribution is -2.54. The summed E-state index contributed by atoms with van der Waals surface area (Å²) < 4.78 is 0. The number of urea groups is 1. The van der Waals surface area contributed by atoms with Crippen molar-refractivity contribution in [3.63, 3.8) is 0 Å². The van der Waals surface area contributed by atoms with Gasteiger partial charge in [-0.15, -0.1) is 0 Å². The molecule has 0 radical (unpaired) electrons. The van der Waals surface area contributed by atoms with Gasteiger partial charge in [0.25, 0.3) is 0 Å². The smallest absolute Gasteiger partial charge is 0.319 e. The molecule has 31 heavy (non-hydrogen) atoms. The van der Waals surface area contributed by atoms with Crippen LogP contribution in [0.4, 0.5) is 10.5 Å². The fraction of sp³-hybridized carbons (Fsp3) is 0.462. The highest BCUT2D eigenvalue weighted by molar-refractivity contribution is 5.93. The number of likely N-dealkylation sites (tertiary alicyclic amines) is 1. The largest absolute Gasteiger partial charge is 0.341 e. The van der Waals surface area contributed by atoms with Crippen molar-refractivity contribution in [1.29, 1.82) is 0 Å². The normalized spacial score (nSPS) is 16.4. The van der Waals surface area contributed by atoms with E-state index in [-0.39, 0.29) is 17.9 Å². The molecule has 1 heterocycles. The van der Waals surface area contributed by atoms with Gasteiger partial charge in [-0.05, 0) is 55.7 Å². The van der Waals surface area contributed by atoms with Gasteiger partial charge in [-0.3, -0.25) is 4.79 Å². The van der Waals surface area contributed by atoms with Gasteiger partial charge in [-0.1, -0.05) is 68.3 Å². The minimum absolute atomic E-state index is 0.0339. The zero-order valence-electron chi connectivity index (χ0n) is 18.9. The molecule has 0 bridgehead atoms. The predicted molar refractivity (Wildman–Crippen MR) is 126 cm³/mol. The van der Waals surface area contributed by atoms with Gasteiger partial charge < -0.3 is 15.5 Å². The first-order valence-electron chi connectivity index (χ1n) is 11.4. The second-order valence-corrected chi connectivity index (χ2v) is 8.79. The van der Waals surface area contributed by atoms with Crippen LogP contribution < -0.4 is 10.6 Å². The number of rotatable bonds is 7. The third-order valence-electron chi connectivity index (χ3n) is 6.37. The van der Waals surface area contributed by atoms with Crippen LogP contribution in [0.5, 0.6) is 0 Å². The quantitative estimate of drug-likeness (QED) is 0.660. The number of piperidine rings is 1. The Bertz CT molecular complexity index is 843. The molecule has 2 aromatic carbocycles. The molecule has 0 aliphatic carbocycles. The predicted octanol–water partition coefficient (Wildman–Crippen LogP) is 5.01. The average molecular weight is 422 g/mol. The third-order valence-corrected chi connectivity index (χ3v) is 6.37. The molecular weight excluding hydrogens is 386 g/mol. The van der Waals surface area contributed by atoms with E-state index in [4.69, 9.17) is 0 Å². The molecule has 1 aliphatic heterocycles. The summed E-state index contributed by atoms with van der Waals surface area (Å²) in [5.41, 5.74) is 3.22. The molecular formula is C26H35N3O2. The summed E-state index contributed by atoms with van der Waals surface area (Å²) in [6.45, 7) is 7.59. The SMILES string of the molecule is CC[C@@H](C)[C@@H](NC(=O)Nc1ccc(C)cc1)C(=O)N1CCC(Cc2ccccc2)CC1. The number of amides is 3. The van der Waals surface area contributed by atoms with Crippen molar-refractivity contribution in [3.8, 4) is 0 Å². The van der Waals surface area contributed by atoms with E-state index in [0.29, 0.717) is 5.92 Å². The first-order valence-corrected chi connectivity index (χ1v) is 11.4. The topological polar surface area (TPSA) is 61.4 Å². The van der Waals surface area contributed by atoms with E-state index in [1.165, 1.54) is 5.56 Å². The van der Waals surface area contributed by atoms with Crippen molar-refractivity contribution in [2.75, 3.05) is 18.4 Å². The Morgan fingerprint density at radius 3 is 2.29 bits per heavy atom. The number of aryl methyl sites for hydroxylation is 1. The summed E-state index contributed by atoms with van der Waals surface area (Å²) in [7, 11) is 0. The van der Waals surface area contributed by atoms with Crippen LogP contribution >= 0.6 is 0 Å². The molecule has 3 rings (SSSR count). The molecule has 0 saturated carbocycles. The van der Waals surface area contributed by atoms with E-state index in [9.17, 15) is 9.59 Å². The summed E-state index contributed by atoms with van der Waals surface area (Å²) in [4.78, 5) is 27.8. The lowest BCUT2D eigenvalue weighted by atomic mass is 9.89. The average Bonchev–Trinajstić information content (AvgIpc) is 2.79. The van der Waals surface area contributed by atoms with Crippen LogP contribution in [0.1, 0.15) is 44.2 Å². The standard InChI is InChI=1S/C26H35N3O2/c1-4-20(3)24(28-26(31)27-23-12-10-19(2)11-13-23)25(30)29-16-14-22(15-17-29)18-21-8-6-5-7-9-21/h5-13,20,22,24H,4,14-18H2,1-3H3,(H2,27,28,31)/t20-,24-/m1/s1. The molecule has 166 valence electrons. The summed E-state index contributed by atoms with van der Waals surface area (Å²) in [5, 5.41) is 5.79. The zero-order chi connectivity index (χ0) is 22.2. The van der Waals surface area contributed by atoms with E-state index in [2.05, 4.69) is 41.8 Å². The number of nitrogens with one attached hydrogen (secondary N) is 2. The monoisotopic (exact) mass is 421 g/mol. The van der Waals surface area contributed by atoms with Crippen LogP contribution in [0.3, 0.4) is 0 Å². The van der Waals surface area contributed by atoms with E-state index >= 15 is 0 Å². The molecule has 0 unspecified atom stereocenters. The van der Waals surface area contributed by atoms with Crippen LogP contribution in [-0.4, -0.2) is 36.0 Å². The zero-order valence-corrected chi connectivity index (χ0v) is 18.9. The van der Waals surface area contributed by atoms with Crippen molar-refractivity contribution in [2.45, 2.75) is 52.5 Å². The van der Waals surface area contributed by atoms with Gasteiger partial charge in [0, 0.05) is 18.8 Å². The van der Waals surface area contributed by atoms with Crippen molar-refractivity contribution >= 4 is 17.6 Å². The highest BCUT2D eigenvalue weighted by Crippen LogP contribution is 2.23. The third kappa shape index (κ3) is 6.58. The maximum absolute atomic E-state index is 13.3. The molecule has 1 saturated heterocycles. The summed E-state index contributed by atoms with van der Waals surface area (Å²) in [6.07, 6.45) is 3.90. The van der Waals surface area contributed by atoms with Gasteiger partial charge in [0.2, 0.25) is 5.91 Å². The molecule has 2 aromatic rings. The number of carbonyl (C=O) groups excluding carboxylic acids is 2. The van der Waals surface area contributed by atoms with E-state index in [1.807, 2.05) is 49.1 Å². The maximum atomic E-state index is 13.3. The first-order chi connectivity index (χ1) is 15.0. The molecule has 0 aromatic heterocycles. The minimum Gasteiger partial charge on any atom is -0.341 e. The van der Waals surface area contributed by atoms with Gasteiger partial charge >= 0.3 is 6.03 Å². The van der Waals surface area contributed by atoms with Crippen LogP contribution in [0.15, 0.2) is 54.6 Å². The Hall–Kier alpha value is -2.82. The van der Waals surface area contributed by atoms with Gasteiger partial charge in [0.1, 0.15) is 6.04 Å². The van der Waals surface area contributed by atoms with E-state index in [0.717, 1.165) is 50.0 Å². The van der Waals surface area contributed by atoms with Crippen LogP contribution in [0.25, 0.3) is 0 Å². The molecule has 2 N–H and O–H groups in total. The second kappa shape index (κ2) is 11.0. The Kier molecular flexibility index (Phi) is 8.10. The van der Waals surface area contributed by atoms with Crippen molar-refractivity contribution in [1.82, 2.24) is 10.2 Å². The fourth-order valence-corrected chi connectivity index (χ4v) is 4.13. The molecule has 1 fully saturated rings. The number of benzene rings is 2. The van der Waals surface area contributed by atoms with E-state index in [1.54, 1.807) is 0 Å². The maximum Gasteiger partial charge on any atom is 0.319 e. The fourth-order valence-electron chi connectivity index (χ4n) is 4.13. The van der Waals surface area contributed by atoms with Gasteiger partial charge in [-0.2, -0.15) is 0 Å². The van der Waals surface area contributed by atoms with Crippen molar-refractivity contribution in [2.24, 2.45) is 11.8 Å². The van der Waals surface area contributed by atoms with Gasteiger partial charge in [0.05, 0.1) is 0 Å². The van der Waals surface area contributed by atoms with Crippen LogP contribution in [0.2, 0.25) is 0 Å². The molecule has 5 nitrogen and oxygen atoms in total. The Balaban J connectivity index is 1.55. The highest BCUT2D eigenvalue weighted by atomic mass is 16.2. The number of hydrogen-bond acceptors (Lipinski definition) is 2. The molecule has 3 amide bonds. The minimum atomic E-state index is -0.513. The van der Waals surface area contributed by atoms with Gasteiger partial charge in [-0.25, -0.2) is 4.79 Å². The molecule has 5 heteroatoms. The number of carbonyl (C=O) groups is 2. The van der Waals surface area contributed by atoms with Crippen LogP contribution in [0, 0.1) is 18.8 Å². The summed E-state index contributed by atoms with van der Waals surface area (Å²) in [5.74, 6) is 0.705. The van der Waals surface area contributed by atoms with Gasteiger partial charge in [0.15, 0.2) is 0 Å². The first kappa shape index (κ1) is 22.9. The Morgan fingerprint density at radius 2 is 1.68 bits per heavy atom. The lowest BCUT2D eigenvalue weighted by molar-refractivity contribution is -0.135. The van der Waals surface area contributed by atoms with Crippen molar-refractivity contribution < 1.29 is 9.59 Å². The lowest BCUT2D eigenvalue weighted by Gasteiger charge is -2.36. The Labute approximate surface area is 186 Å². The molecule has 1 aliphatic rings. The second-order valence-electron chi connectivity index (χ2n) is 8.79. The highest BCUT2D eigenvalue weighted by Gasteiger charge is 2.32. The van der Waals surface area contributed by atoms with Crippen LogP contribution in [-0.2, 0) is 11.2 Å². The summed E-state index contributed by atoms with van der Waals surface area (Å²) >= 11 is 0. The molecule has 2 atom stereocenters. The number of anilines is 1. The number of hydrogen-bond donors (Lipinski definition) is 2.